The van der Waals surface area contributed by atoms with Gasteiger partial charge in [-0.2, -0.15) is 52.4 Å². The summed E-state index contributed by atoms with van der Waals surface area (Å²) in [7, 11) is 0. The van der Waals surface area contributed by atoms with Gasteiger partial charge in [-0.15, -0.1) is 0 Å². The zero-order chi connectivity index (χ0) is 8.49. The molecule has 2 aliphatic heterocycles. The standard InChI is InChI=1S/2C4H8N2.Ni/c2*1-2-6-4-3-5-1;/h2*1-4H2;/q2*-2;+2. The summed E-state index contributed by atoms with van der Waals surface area (Å²) in [6.45, 7) is 7.67. The molecule has 0 atom stereocenters. The van der Waals surface area contributed by atoms with E-state index in [-0.39, 0.29) is 16.5 Å². The number of rotatable bonds is 0. The molecule has 4 nitrogen and oxygen atoms in total. The molecule has 0 saturated carbocycles. The predicted octanol–water partition coefficient (Wildman–Crippen LogP) is 1.49. The van der Waals surface area contributed by atoms with Crippen LogP contribution in [0.1, 0.15) is 0 Å². The summed E-state index contributed by atoms with van der Waals surface area (Å²) >= 11 is 0. The zero-order valence-electron chi connectivity index (χ0n) is 7.76. The fraction of sp³-hybridized carbons (Fsp3) is 1.00. The fourth-order valence-corrected chi connectivity index (χ4v) is 1.01. The molecule has 0 aromatic carbocycles. The van der Waals surface area contributed by atoms with Crippen LogP contribution in [-0.2, 0) is 16.5 Å². The minimum Gasteiger partial charge on any atom is -0.665 e. The van der Waals surface area contributed by atoms with Gasteiger partial charge in [0.25, 0.3) is 0 Å². The number of hydrogen-bond donors (Lipinski definition) is 0. The smallest absolute Gasteiger partial charge is 0.665 e. The van der Waals surface area contributed by atoms with Crippen LogP contribution in [0.4, 0.5) is 0 Å². The van der Waals surface area contributed by atoms with Crippen LogP contribution in [0.3, 0.4) is 0 Å². The van der Waals surface area contributed by atoms with Crippen molar-refractivity contribution in [1.82, 2.24) is 0 Å². The first-order valence-electron chi connectivity index (χ1n) is 4.53. The van der Waals surface area contributed by atoms with Gasteiger partial charge in [-0.3, -0.25) is 0 Å². The summed E-state index contributed by atoms with van der Waals surface area (Å²) in [5, 5.41) is 16.3. The van der Waals surface area contributed by atoms with Crippen molar-refractivity contribution in [2.45, 2.75) is 0 Å². The van der Waals surface area contributed by atoms with Gasteiger partial charge in [-0.25, -0.2) is 0 Å². The second-order valence-electron chi connectivity index (χ2n) is 2.68. The summed E-state index contributed by atoms with van der Waals surface area (Å²) in [6, 6.07) is 0. The average molecular weight is 227 g/mol. The maximum Gasteiger partial charge on any atom is 2.00 e. The molecular formula is C8H16N4Ni-2. The molecule has 5 heteroatoms. The van der Waals surface area contributed by atoms with E-state index in [9.17, 15) is 0 Å². The van der Waals surface area contributed by atoms with E-state index in [2.05, 4.69) is 21.3 Å². The Bertz CT molecular complexity index is 59.1. The Hall–Kier alpha value is 0.334. The van der Waals surface area contributed by atoms with Crippen molar-refractivity contribution in [2.75, 3.05) is 52.4 Å². The quantitative estimate of drug-likeness (QED) is 0.563. The number of piperazine rings is 2. The zero-order valence-corrected chi connectivity index (χ0v) is 8.75. The minimum absolute atomic E-state index is 0. The van der Waals surface area contributed by atoms with E-state index in [1.807, 2.05) is 0 Å². The molecule has 0 radical (unpaired) electrons. The van der Waals surface area contributed by atoms with E-state index in [0.717, 1.165) is 52.4 Å². The van der Waals surface area contributed by atoms with E-state index in [4.69, 9.17) is 0 Å². The topological polar surface area (TPSA) is 56.4 Å². The van der Waals surface area contributed by atoms with E-state index < -0.39 is 0 Å². The summed E-state index contributed by atoms with van der Waals surface area (Å²) in [5.74, 6) is 0. The summed E-state index contributed by atoms with van der Waals surface area (Å²) in [6.07, 6.45) is 0. The first kappa shape index (κ1) is 13.3. The van der Waals surface area contributed by atoms with Crippen LogP contribution < -0.4 is 0 Å². The van der Waals surface area contributed by atoms with Gasteiger partial charge in [0.2, 0.25) is 0 Å². The molecule has 13 heavy (non-hydrogen) atoms. The van der Waals surface area contributed by atoms with E-state index in [1.54, 1.807) is 0 Å². The van der Waals surface area contributed by atoms with E-state index in [0.29, 0.717) is 0 Å². The summed E-state index contributed by atoms with van der Waals surface area (Å²) in [4.78, 5) is 0. The van der Waals surface area contributed by atoms with Crippen LogP contribution in [0.25, 0.3) is 21.3 Å². The first-order chi connectivity index (χ1) is 6.00. The van der Waals surface area contributed by atoms with Crippen molar-refractivity contribution in [3.8, 4) is 0 Å². The molecule has 80 valence electrons. The monoisotopic (exact) mass is 226 g/mol. The summed E-state index contributed by atoms with van der Waals surface area (Å²) < 4.78 is 0. The van der Waals surface area contributed by atoms with Crippen LogP contribution in [-0.4, -0.2) is 52.4 Å². The molecule has 2 heterocycles. The molecule has 2 fully saturated rings. The molecule has 0 bridgehead atoms. The van der Waals surface area contributed by atoms with Gasteiger partial charge in [0, 0.05) is 0 Å². The predicted molar refractivity (Wildman–Crippen MR) is 52.4 cm³/mol. The van der Waals surface area contributed by atoms with Gasteiger partial charge in [0.05, 0.1) is 0 Å². The Kier molecular flexibility index (Phi) is 10.7. The molecule has 0 spiro atoms. The van der Waals surface area contributed by atoms with Crippen molar-refractivity contribution >= 4 is 0 Å². The van der Waals surface area contributed by atoms with Gasteiger partial charge in [0.1, 0.15) is 0 Å². The van der Waals surface area contributed by atoms with Crippen molar-refractivity contribution in [2.24, 2.45) is 0 Å². The molecule has 0 aromatic heterocycles. The minimum atomic E-state index is 0. The maximum absolute atomic E-state index is 4.08. The van der Waals surface area contributed by atoms with Gasteiger partial charge < -0.3 is 21.3 Å². The first-order valence-corrected chi connectivity index (χ1v) is 4.53. The average Bonchev–Trinajstić information content (AvgIpc) is 2.24. The van der Waals surface area contributed by atoms with Crippen molar-refractivity contribution < 1.29 is 16.5 Å². The van der Waals surface area contributed by atoms with Crippen LogP contribution in [0.5, 0.6) is 0 Å². The Balaban J connectivity index is 0.000000206. The van der Waals surface area contributed by atoms with Crippen LogP contribution in [0.2, 0.25) is 0 Å². The molecule has 2 aliphatic rings. The molecule has 2 rings (SSSR count). The van der Waals surface area contributed by atoms with Gasteiger partial charge in [0.15, 0.2) is 0 Å². The number of hydrogen-bond acceptors (Lipinski definition) is 0. The van der Waals surface area contributed by atoms with Gasteiger partial charge in [-0.1, -0.05) is 0 Å². The summed E-state index contributed by atoms with van der Waals surface area (Å²) in [5.41, 5.74) is 0. The third-order valence-corrected chi connectivity index (χ3v) is 1.66. The van der Waals surface area contributed by atoms with E-state index in [1.165, 1.54) is 0 Å². The Morgan fingerprint density at radius 3 is 0.615 bits per heavy atom. The SMILES string of the molecule is C1C[N-]CC[N-]1.C1C[N-]CC[N-]1.[Ni+2]. The number of nitrogens with zero attached hydrogens (tertiary/aromatic N) is 4. The van der Waals surface area contributed by atoms with Crippen LogP contribution >= 0.6 is 0 Å². The van der Waals surface area contributed by atoms with Gasteiger partial charge in [-0.05, 0) is 0 Å². The third-order valence-electron chi connectivity index (χ3n) is 1.66. The van der Waals surface area contributed by atoms with E-state index >= 15 is 0 Å². The normalized spacial score (nSPS) is 22.2. The molecule has 0 unspecified atom stereocenters. The molecule has 0 aliphatic carbocycles. The molecule has 0 N–H and O–H groups in total. The Labute approximate surface area is 90.5 Å². The Morgan fingerprint density at radius 2 is 0.538 bits per heavy atom. The van der Waals surface area contributed by atoms with Crippen LogP contribution in [0.15, 0.2) is 0 Å². The largest absolute Gasteiger partial charge is 2.00 e. The van der Waals surface area contributed by atoms with Crippen LogP contribution in [0, 0.1) is 0 Å². The third kappa shape index (κ3) is 8.66. The Morgan fingerprint density at radius 1 is 0.385 bits per heavy atom. The molecule has 2 saturated heterocycles. The maximum atomic E-state index is 4.08. The second-order valence-corrected chi connectivity index (χ2v) is 2.68. The fourth-order valence-electron chi connectivity index (χ4n) is 1.01. The molecule has 0 amide bonds. The van der Waals surface area contributed by atoms with Crippen molar-refractivity contribution in [1.29, 1.82) is 0 Å². The molecular weight excluding hydrogens is 211 g/mol. The van der Waals surface area contributed by atoms with Crippen molar-refractivity contribution in [3.05, 3.63) is 21.3 Å². The second kappa shape index (κ2) is 10.4. The van der Waals surface area contributed by atoms with Gasteiger partial charge >= 0.3 is 16.5 Å². The molecule has 0 aromatic rings. The van der Waals surface area contributed by atoms with Crippen molar-refractivity contribution in [3.63, 3.8) is 0 Å².